The molecule has 3 aliphatic heterocycles. The van der Waals surface area contributed by atoms with Crippen LogP contribution in [0.4, 0.5) is 5.69 Å². The molecule has 1 aromatic carbocycles. The molecule has 4 heteroatoms. The highest BCUT2D eigenvalue weighted by Crippen LogP contribution is 2.46. The Morgan fingerprint density at radius 2 is 1.90 bits per heavy atom. The van der Waals surface area contributed by atoms with E-state index in [1.807, 2.05) is 30.3 Å². The number of aromatic nitrogens is 1. The molecule has 0 saturated carbocycles. The van der Waals surface area contributed by atoms with Gasteiger partial charge in [-0.2, -0.15) is 0 Å². The van der Waals surface area contributed by atoms with Crippen molar-refractivity contribution in [2.24, 2.45) is 0 Å². The molecule has 106 valence electrons. The number of hydrogen-bond acceptors (Lipinski definition) is 3. The number of aromatic carboxylic acids is 1. The standard InChI is InChI=1S/C17H16N2O2/c20-17(21)14-10-13(11-4-2-1-3-5-11)16-15(18-14)12-6-8-19(16)9-7-12/h1-5,10,12H,6-9H2,(H,20,21). The summed E-state index contributed by atoms with van der Waals surface area (Å²) in [6.45, 7) is 2.09. The molecule has 4 nitrogen and oxygen atoms in total. The molecule has 3 aliphatic rings. The van der Waals surface area contributed by atoms with Crippen LogP contribution in [-0.4, -0.2) is 29.1 Å². The van der Waals surface area contributed by atoms with Crippen molar-refractivity contribution in [3.8, 4) is 11.1 Å². The average molecular weight is 280 g/mol. The third kappa shape index (κ3) is 1.90. The number of benzene rings is 1. The first-order valence-corrected chi connectivity index (χ1v) is 7.32. The lowest BCUT2D eigenvalue weighted by atomic mass is 9.84. The topological polar surface area (TPSA) is 53.4 Å². The summed E-state index contributed by atoms with van der Waals surface area (Å²) in [4.78, 5) is 18.2. The van der Waals surface area contributed by atoms with Crippen LogP contribution in [0.3, 0.4) is 0 Å². The average Bonchev–Trinajstić information content (AvgIpc) is 2.55. The zero-order chi connectivity index (χ0) is 14.4. The van der Waals surface area contributed by atoms with Crippen molar-refractivity contribution in [2.45, 2.75) is 18.8 Å². The summed E-state index contributed by atoms with van der Waals surface area (Å²) in [6.07, 6.45) is 2.16. The van der Waals surface area contributed by atoms with Crippen LogP contribution in [0.1, 0.15) is 34.9 Å². The number of rotatable bonds is 2. The number of carbonyl (C=O) groups is 1. The fourth-order valence-electron chi connectivity index (χ4n) is 3.50. The van der Waals surface area contributed by atoms with Gasteiger partial charge in [-0.25, -0.2) is 9.78 Å². The number of carboxylic acids is 1. The monoisotopic (exact) mass is 280 g/mol. The molecule has 1 saturated heterocycles. The molecular weight excluding hydrogens is 264 g/mol. The SMILES string of the molecule is O=C(O)c1cc(-c2ccccc2)c2c(n1)C1CCN2CC1. The summed E-state index contributed by atoms with van der Waals surface area (Å²) < 4.78 is 0. The quantitative estimate of drug-likeness (QED) is 0.918. The van der Waals surface area contributed by atoms with E-state index >= 15 is 0 Å². The Bertz CT molecular complexity index is 704. The molecule has 0 radical (unpaired) electrons. The molecule has 4 heterocycles. The maximum atomic E-state index is 11.4. The van der Waals surface area contributed by atoms with Gasteiger partial charge in [-0.1, -0.05) is 30.3 Å². The highest BCUT2D eigenvalue weighted by Gasteiger charge is 2.35. The molecule has 0 atom stereocenters. The van der Waals surface area contributed by atoms with E-state index in [1.165, 1.54) is 0 Å². The van der Waals surface area contributed by atoms with Crippen LogP contribution >= 0.6 is 0 Å². The maximum Gasteiger partial charge on any atom is 0.354 e. The van der Waals surface area contributed by atoms with Crippen LogP contribution in [-0.2, 0) is 0 Å². The number of hydrogen-bond donors (Lipinski definition) is 1. The summed E-state index contributed by atoms with van der Waals surface area (Å²) >= 11 is 0. The number of nitrogens with zero attached hydrogens (tertiary/aromatic N) is 2. The first-order valence-electron chi connectivity index (χ1n) is 7.32. The van der Waals surface area contributed by atoms with Gasteiger partial charge in [0.2, 0.25) is 0 Å². The first kappa shape index (κ1) is 12.4. The van der Waals surface area contributed by atoms with Crippen LogP contribution in [0.2, 0.25) is 0 Å². The molecule has 0 amide bonds. The van der Waals surface area contributed by atoms with Crippen molar-refractivity contribution >= 4 is 11.7 Å². The van der Waals surface area contributed by atoms with Gasteiger partial charge < -0.3 is 10.0 Å². The number of anilines is 1. The van der Waals surface area contributed by atoms with E-state index in [0.29, 0.717) is 5.92 Å². The Kier molecular flexibility index (Phi) is 2.70. The molecule has 0 unspecified atom stereocenters. The Labute approximate surface area is 123 Å². The van der Waals surface area contributed by atoms with Crippen molar-refractivity contribution < 1.29 is 9.90 Å². The molecular formula is C17H16N2O2. The Morgan fingerprint density at radius 3 is 2.57 bits per heavy atom. The van der Waals surface area contributed by atoms with E-state index in [-0.39, 0.29) is 5.69 Å². The predicted molar refractivity (Wildman–Crippen MR) is 80.8 cm³/mol. The minimum absolute atomic E-state index is 0.154. The van der Waals surface area contributed by atoms with Crippen LogP contribution in [0.5, 0.6) is 0 Å². The van der Waals surface area contributed by atoms with Gasteiger partial charge in [-0.15, -0.1) is 0 Å². The lowest BCUT2D eigenvalue weighted by Gasteiger charge is -2.42. The number of piperidine rings is 1. The minimum atomic E-state index is -0.952. The molecule has 1 aromatic heterocycles. The summed E-state index contributed by atoms with van der Waals surface area (Å²) in [5.74, 6) is -0.543. The molecule has 0 spiro atoms. The summed E-state index contributed by atoms with van der Waals surface area (Å²) in [6, 6.07) is 11.7. The largest absolute Gasteiger partial charge is 0.477 e. The Balaban J connectivity index is 1.99. The lowest BCUT2D eigenvalue weighted by molar-refractivity contribution is 0.0690. The van der Waals surface area contributed by atoms with E-state index in [9.17, 15) is 9.90 Å². The highest BCUT2D eigenvalue weighted by molar-refractivity contribution is 5.91. The lowest BCUT2D eigenvalue weighted by Crippen LogP contribution is -2.40. The van der Waals surface area contributed by atoms with E-state index in [0.717, 1.165) is 48.4 Å². The Hall–Kier alpha value is -2.36. The summed E-state index contributed by atoms with van der Waals surface area (Å²) in [5, 5.41) is 9.35. The molecule has 2 bridgehead atoms. The third-order valence-electron chi connectivity index (χ3n) is 4.52. The highest BCUT2D eigenvalue weighted by atomic mass is 16.4. The zero-order valence-corrected chi connectivity index (χ0v) is 11.6. The molecule has 1 fully saturated rings. The predicted octanol–water partition coefficient (Wildman–Crippen LogP) is 3.14. The van der Waals surface area contributed by atoms with Crippen LogP contribution in [0.25, 0.3) is 11.1 Å². The fourth-order valence-corrected chi connectivity index (χ4v) is 3.50. The normalized spacial score (nSPS) is 16.9. The second-order valence-corrected chi connectivity index (χ2v) is 5.72. The van der Waals surface area contributed by atoms with E-state index in [4.69, 9.17) is 0 Å². The van der Waals surface area contributed by atoms with E-state index < -0.39 is 5.97 Å². The van der Waals surface area contributed by atoms with Crippen molar-refractivity contribution in [3.05, 3.63) is 47.8 Å². The molecule has 2 aromatic rings. The van der Waals surface area contributed by atoms with Crippen molar-refractivity contribution in [2.75, 3.05) is 18.0 Å². The van der Waals surface area contributed by atoms with E-state index in [1.54, 1.807) is 6.07 Å². The van der Waals surface area contributed by atoms with Crippen LogP contribution in [0, 0.1) is 0 Å². The third-order valence-corrected chi connectivity index (χ3v) is 4.52. The molecule has 1 N–H and O–H groups in total. The van der Waals surface area contributed by atoms with Gasteiger partial charge in [0, 0.05) is 24.6 Å². The van der Waals surface area contributed by atoms with Crippen LogP contribution in [0.15, 0.2) is 36.4 Å². The molecule has 21 heavy (non-hydrogen) atoms. The van der Waals surface area contributed by atoms with Gasteiger partial charge in [-0.05, 0) is 24.5 Å². The van der Waals surface area contributed by atoms with Gasteiger partial charge in [0.1, 0.15) is 5.69 Å². The minimum Gasteiger partial charge on any atom is -0.477 e. The van der Waals surface area contributed by atoms with Gasteiger partial charge >= 0.3 is 5.97 Å². The van der Waals surface area contributed by atoms with Gasteiger partial charge in [0.15, 0.2) is 0 Å². The van der Waals surface area contributed by atoms with Gasteiger partial charge in [0.25, 0.3) is 0 Å². The smallest absolute Gasteiger partial charge is 0.354 e. The van der Waals surface area contributed by atoms with Crippen molar-refractivity contribution in [1.82, 2.24) is 4.98 Å². The van der Waals surface area contributed by atoms with Gasteiger partial charge in [-0.3, -0.25) is 0 Å². The second-order valence-electron chi connectivity index (χ2n) is 5.72. The van der Waals surface area contributed by atoms with Crippen molar-refractivity contribution in [3.63, 3.8) is 0 Å². The number of fused-ring (bicyclic) bond motifs is 2. The van der Waals surface area contributed by atoms with E-state index in [2.05, 4.69) is 9.88 Å². The molecule has 0 aliphatic carbocycles. The Morgan fingerprint density at radius 1 is 1.19 bits per heavy atom. The van der Waals surface area contributed by atoms with Crippen molar-refractivity contribution in [1.29, 1.82) is 0 Å². The number of pyridine rings is 1. The van der Waals surface area contributed by atoms with Gasteiger partial charge in [0.05, 0.1) is 11.4 Å². The van der Waals surface area contributed by atoms with Crippen LogP contribution < -0.4 is 4.90 Å². The first-order chi connectivity index (χ1) is 10.2. The fraction of sp³-hybridized carbons (Fsp3) is 0.294. The summed E-state index contributed by atoms with van der Waals surface area (Å²) in [7, 11) is 0. The zero-order valence-electron chi connectivity index (χ0n) is 11.6. The number of carboxylic acid groups (broad SMARTS) is 1. The summed E-state index contributed by atoms with van der Waals surface area (Å²) in [5.41, 5.74) is 4.34. The molecule has 5 rings (SSSR count). The maximum absolute atomic E-state index is 11.4. The second kappa shape index (κ2) is 4.58.